The van der Waals surface area contributed by atoms with Gasteiger partial charge in [-0.05, 0) is 23.4 Å². The highest BCUT2D eigenvalue weighted by molar-refractivity contribution is 7.10. The Morgan fingerprint density at radius 1 is 1.17 bits per heavy atom. The maximum atomic E-state index is 12.1. The number of carbonyl (C=O) groups excluding carboxylic acids is 1. The molecule has 1 unspecified atom stereocenters. The molecule has 0 saturated heterocycles. The van der Waals surface area contributed by atoms with E-state index in [2.05, 4.69) is 35.9 Å². The summed E-state index contributed by atoms with van der Waals surface area (Å²) in [6, 6.07) is 13.9. The molecule has 1 heterocycles. The molecule has 0 spiro atoms. The Morgan fingerprint density at radius 3 is 2.54 bits per heavy atom. The zero-order valence-electron chi connectivity index (χ0n) is 14.3. The van der Waals surface area contributed by atoms with Crippen molar-refractivity contribution in [1.29, 1.82) is 0 Å². The van der Waals surface area contributed by atoms with E-state index in [4.69, 9.17) is 0 Å². The standard InChI is InChI=1S/C19H26N2O2S/c1-19(2,17-9-6-12-24-17)14-21-18(23)20-13-16(10-11-22)15-7-4-3-5-8-15/h3-9,12,16,22H,10-11,13-14H2,1-2H3,(H2,20,21,23). The van der Waals surface area contributed by atoms with Gasteiger partial charge in [-0.1, -0.05) is 50.2 Å². The van der Waals surface area contributed by atoms with Gasteiger partial charge in [-0.2, -0.15) is 0 Å². The summed E-state index contributed by atoms with van der Waals surface area (Å²) in [5.74, 6) is 0.118. The summed E-state index contributed by atoms with van der Waals surface area (Å²) >= 11 is 1.70. The number of hydrogen-bond acceptors (Lipinski definition) is 3. The summed E-state index contributed by atoms with van der Waals surface area (Å²) in [5, 5.41) is 17.2. The lowest BCUT2D eigenvalue weighted by molar-refractivity contribution is 0.235. The number of carbonyl (C=O) groups is 1. The number of aliphatic hydroxyl groups excluding tert-OH is 1. The highest BCUT2D eigenvalue weighted by Gasteiger charge is 2.22. The van der Waals surface area contributed by atoms with Crippen LogP contribution in [0.15, 0.2) is 47.8 Å². The van der Waals surface area contributed by atoms with Gasteiger partial charge < -0.3 is 15.7 Å². The highest BCUT2D eigenvalue weighted by Crippen LogP contribution is 2.26. The molecule has 24 heavy (non-hydrogen) atoms. The normalized spacial score (nSPS) is 12.6. The van der Waals surface area contributed by atoms with Gasteiger partial charge in [0.2, 0.25) is 0 Å². The zero-order valence-corrected chi connectivity index (χ0v) is 15.1. The van der Waals surface area contributed by atoms with Gasteiger partial charge in [-0.15, -0.1) is 11.3 Å². The second kappa shape index (κ2) is 8.85. The number of urea groups is 1. The van der Waals surface area contributed by atoms with Gasteiger partial charge in [0.1, 0.15) is 0 Å². The van der Waals surface area contributed by atoms with Gasteiger partial charge in [-0.25, -0.2) is 4.79 Å². The van der Waals surface area contributed by atoms with Crippen LogP contribution in [0.3, 0.4) is 0 Å². The number of rotatable bonds is 8. The fraction of sp³-hybridized carbons (Fsp3) is 0.421. The minimum Gasteiger partial charge on any atom is -0.396 e. The van der Waals surface area contributed by atoms with Gasteiger partial charge in [0.15, 0.2) is 0 Å². The van der Waals surface area contributed by atoms with Crippen molar-refractivity contribution in [2.75, 3.05) is 19.7 Å². The van der Waals surface area contributed by atoms with Gasteiger partial charge >= 0.3 is 6.03 Å². The predicted molar refractivity (Wildman–Crippen MR) is 99.6 cm³/mol. The van der Waals surface area contributed by atoms with Gasteiger partial charge in [0.05, 0.1) is 0 Å². The van der Waals surface area contributed by atoms with Crippen molar-refractivity contribution in [3.05, 3.63) is 58.3 Å². The van der Waals surface area contributed by atoms with Gasteiger partial charge in [0.25, 0.3) is 0 Å². The Labute approximate surface area is 147 Å². The first kappa shape index (κ1) is 18.5. The summed E-state index contributed by atoms with van der Waals surface area (Å²) in [4.78, 5) is 13.4. The van der Waals surface area contributed by atoms with Crippen molar-refractivity contribution in [2.45, 2.75) is 31.6 Å². The smallest absolute Gasteiger partial charge is 0.314 e. The van der Waals surface area contributed by atoms with Crippen LogP contribution in [0.2, 0.25) is 0 Å². The van der Waals surface area contributed by atoms with Crippen molar-refractivity contribution in [2.24, 2.45) is 0 Å². The average Bonchev–Trinajstić information content (AvgIpc) is 3.13. The molecule has 1 aromatic carbocycles. The molecule has 0 aliphatic carbocycles. The molecule has 4 nitrogen and oxygen atoms in total. The van der Waals surface area contributed by atoms with Crippen LogP contribution in [0, 0.1) is 0 Å². The second-order valence-corrected chi connectivity index (χ2v) is 7.49. The Bertz CT molecular complexity index is 612. The van der Waals surface area contributed by atoms with E-state index in [-0.39, 0.29) is 24.0 Å². The zero-order chi connectivity index (χ0) is 17.4. The van der Waals surface area contributed by atoms with Crippen molar-refractivity contribution in [3.8, 4) is 0 Å². The van der Waals surface area contributed by atoms with E-state index in [0.717, 1.165) is 5.56 Å². The molecule has 3 N–H and O–H groups in total. The molecule has 130 valence electrons. The topological polar surface area (TPSA) is 61.4 Å². The van der Waals surface area contributed by atoms with Crippen LogP contribution in [0.5, 0.6) is 0 Å². The number of thiophene rings is 1. The predicted octanol–water partition coefficient (Wildman–Crippen LogP) is 3.49. The first-order valence-electron chi connectivity index (χ1n) is 8.24. The van der Waals surface area contributed by atoms with Crippen LogP contribution in [-0.2, 0) is 5.41 Å². The quantitative estimate of drug-likeness (QED) is 0.685. The maximum absolute atomic E-state index is 12.1. The summed E-state index contributed by atoms with van der Waals surface area (Å²) in [6.07, 6.45) is 0.630. The molecule has 5 heteroatoms. The molecule has 0 bridgehead atoms. The minimum absolute atomic E-state index is 0.0879. The molecule has 2 amide bonds. The lowest BCUT2D eigenvalue weighted by Crippen LogP contribution is -2.43. The van der Waals surface area contributed by atoms with E-state index >= 15 is 0 Å². The molecule has 1 aromatic heterocycles. The van der Waals surface area contributed by atoms with Gasteiger partial charge in [0, 0.05) is 35.9 Å². The molecular formula is C19H26N2O2S. The molecule has 0 radical (unpaired) electrons. The Hall–Kier alpha value is -1.85. The molecule has 0 aliphatic heterocycles. The third kappa shape index (κ3) is 5.35. The molecule has 0 aliphatic rings. The largest absolute Gasteiger partial charge is 0.396 e. The fourth-order valence-corrected chi connectivity index (χ4v) is 3.45. The Morgan fingerprint density at radius 2 is 1.92 bits per heavy atom. The lowest BCUT2D eigenvalue weighted by atomic mass is 9.91. The van der Waals surface area contributed by atoms with E-state index in [1.54, 1.807) is 11.3 Å². The first-order chi connectivity index (χ1) is 11.5. The Kier molecular flexibility index (Phi) is 6.82. The SMILES string of the molecule is CC(C)(CNC(=O)NCC(CCO)c1ccccc1)c1cccs1. The molecule has 0 saturated carbocycles. The van der Waals surface area contributed by atoms with Crippen molar-refractivity contribution < 1.29 is 9.90 Å². The summed E-state index contributed by atoms with van der Waals surface area (Å²) in [6.45, 7) is 5.44. The van der Waals surface area contributed by atoms with Crippen LogP contribution < -0.4 is 10.6 Å². The van der Waals surface area contributed by atoms with Crippen LogP contribution >= 0.6 is 11.3 Å². The van der Waals surface area contributed by atoms with E-state index in [0.29, 0.717) is 19.5 Å². The van der Waals surface area contributed by atoms with Crippen molar-refractivity contribution in [3.63, 3.8) is 0 Å². The third-order valence-electron chi connectivity index (χ3n) is 4.14. The molecule has 2 rings (SSSR count). The molecular weight excluding hydrogens is 320 g/mol. The fourth-order valence-electron chi connectivity index (χ4n) is 2.60. The van der Waals surface area contributed by atoms with E-state index in [9.17, 15) is 9.90 Å². The van der Waals surface area contributed by atoms with Crippen LogP contribution in [0.4, 0.5) is 4.79 Å². The monoisotopic (exact) mass is 346 g/mol. The van der Waals surface area contributed by atoms with Crippen molar-refractivity contribution in [1.82, 2.24) is 10.6 Å². The average molecular weight is 346 g/mol. The second-order valence-electron chi connectivity index (χ2n) is 6.54. The Balaban J connectivity index is 1.83. The number of hydrogen-bond donors (Lipinski definition) is 3. The van der Waals surface area contributed by atoms with Crippen LogP contribution in [0.25, 0.3) is 0 Å². The minimum atomic E-state index is -0.168. The van der Waals surface area contributed by atoms with E-state index in [1.165, 1.54) is 4.88 Å². The number of nitrogens with one attached hydrogen (secondary N) is 2. The number of aliphatic hydroxyl groups is 1. The maximum Gasteiger partial charge on any atom is 0.314 e. The number of benzene rings is 1. The third-order valence-corrected chi connectivity index (χ3v) is 5.37. The summed E-state index contributed by atoms with van der Waals surface area (Å²) in [5.41, 5.74) is 1.04. The van der Waals surface area contributed by atoms with E-state index < -0.39 is 0 Å². The lowest BCUT2D eigenvalue weighted by Gasteiger charge is -2.24. The van der Waals surface area contributed by atoms with Crippen LogP contribution in [0.1, 0.15) is 36.6 Å². The highest BCUT2D eigenvalue weighted by atomic mass is 32.1. The number of amides is 2. The van der Waals surface area contributed by atoms with Crippen molar-refractivity contribution >= 4 is 17.4 Å². The first-order valence-corrected chi connectivity index (χ1v) is 9.12. The summed E-state index contributed by atoms with van der Waals surface area (Å²) in [7, 11) is 0. The molecule has 1 atom stereocenters. The van der Waals surface area contributed by atoms with E-state index in [1.807, 2.05) is 36.4 Å². The molecule has 2 aromatic rings. The molecule has 0 fully saturated rings. The van der Waals surface area contributed by atoms with Crippen LogP contribution in [-0.4, -0.2) is 30.8 Å². The van der Waals surface area contributed by atoms with Gasteiger partial charge in [-0.3, -0.25) is 0 Å². The summed E-state index contributed by atoms with van der Waals surface area (Å²) < 4.78 is 0.